The Balaban J connectivity index is 2.23. The molecular weight excluding hydrogens is 266 g/mol. The first-order valence-corrected chi connectivity index (χ1v) is 6.31. The topological polar surface area (TPSA) is 43.8 Å². The number of halogens is 1. The highest BCUT2D eigenvalue weighted by molar-refractivity contribution is 9.10. The summed E-state index contributed by atoms with van der Waals surface area (Å²) in [6, 6.07) is 6.16. The summed E-state index contributed by atoms with van der Waals surface area (Å²) in [4.78, 5) is 4.67. The highest BCUT2D eigenvalue weighted by Gasteiger charge is 2.38. The van der Waals surface area contributed by atoms with E-state index in [-0.39, 0.29) is 5.54 Å². The summed E-state index contributed by atoms with van der Waals surface area (Å²) in [5.74, 6) is 1.02. The van der Waals surface area contributed by atoms with Gasteiger partial charge >= 0.3 is 0 Å². The summed E-state index contributed by atoms with van der Waals surface area (Å²) in [7, 11) is 2.05. The zero-order chi connectivity index (χ0) is 11.3. The van der Waals surface area contributed by atoms with Crippen LogP contribution in [-0.4, -0.2) is 9.55 Å². The molecule has 0 unspecified atom stereocenters. The molecule has 0 aliphatic heterocycles. The molecular formula is C12H14BrN3. The lowest BCUT2D eigenvalue weighted by Crippen LogP contribution is -2.45. The van der Waals surface area contributed by atoms with Crippen molar-refractivity contribution >= 4 is 27.0 Å². The van der Waals surface area contributed by atoms with Gasteiger partial charge in [-0.3, -0.25) is 0 Å². The van der Waals surface area contributed by atoms with E-state index in [1.54, 1.807) is 0 Å². The Morgan fingerprint density at radius 2 is 2.19 bits per heavy atom. The average Bonchev–Trinajstić information content (AvgIpc) is 2.52. The molecule has 0 amide bonds. The van der Waals surface area contributed by atoms with Crippen molar-refractivity contribution < 1.29 is 0 Å². The van der Waals surface area contributed by atoms with Crippen LogP contribution in [0.2, 0.25) is 0 Å². The zero-order valence-corrected chi connectivity index (χ0v) is 10.8. The van der Waals surface area contributed by atoms with E-state index in [2.05, 4.69) is 31.5 Å². The number of rotatable bonds is 1. The fourth-order valence-corrected chi connectivity index (χ4v) is 2.75. The number of nitrogens with two attached hydrogens (primary N) is 1. The fraction of sp³-hybridized carbons (Fsp3) is 0.417. The lowest BCUT2D eigenvalue weighted by atomic mass is 9.77. The highest BCUT2D eigenvalue weighted by Crippen LogP contribution is 2.39. The monoisotopic (exact) mass is 279 g/mol. The normalized spacial score (nSPS) is 18.7. The molecule has 3 rings (SSSR count). The van der Waals surface area contributed by atoms with Crippen LogP contribution in [0.25, 0.3) is 11.0 Å². The van der Waals surface area contributed by atoms with E-state index in [1.807, 2.05) is 19.2 Å². The quantitative estimate of drug-likeness (QED) is 0.872. The maximum Gasteiger partial charge on any atom is 0.129 e. The first-order valence-electron chi connectivity index (χ1n) is 5.51. The molecule has 1 aromatic heterocycles. The maximum atomic E-state index is 6.33. The van der Waals surface area contributed by atoms with E-state index in [9.17, 15) is 0 Å². The molecule has 16 heavy (non-hydrogen) atoms. The minimum atomic E-state index is -0.194. The van der Waals surface area contributed by atoms with Gasteiger partial charge in [0.1, 0.15) is 5.82 Å². The second-order valence-electron chi connectivity index (χ2n) is 4.64. The molecule has 1 saturated carbocycles. The largest absolute Gasteiger partial charge is 0.330 e. The standard InChI is InChI=1S/C12H14BrN3/c1-16-10-4-3-8(13)7-9(10)15-11(16)12(14)5-2-6-12/h3-4,7H,2,5-6,14H2,1H3. The summed E-state index contributed by atoms with van der Waals surface area (Å²) >= 11 is 3.47. The number of aromatic nitrogens is 2. The summed E-state index contributed by atoms with van der Waals surface area (Å²) in [6.07, 6.45) is 3.31. The molecule has 1 fully saturated rings. The van der Waals surface area contributed by atoms with Gasteiger partial charge in [0.15, 0.2) is 0 Å². The molecule has 4 heteroatoms. The molecule has 3 nitrogen and oxygen atoms in total. The van der Waals surface area contributed by atoms with Crippen LogP contribution < -0.4 is 5.73 Å². The van der Waals surface area contributed by atoms with Crippen molar-refractivity contribution in [1.29, 1.82) is 0 Å². The van der Waals surface area contributed by atoms with Crippen LogP contribution in [-0.2, 0) is 12.6 Å². The van der Waals surface area contributed by atoms with E-state index in [0.717, 1.165) is 34.2 Å². The molecule has 2 aromatic rings. The number of nitrogens with zero attached hydrogens (tertiary/aromatic N) is 2. The van der Waals surface area contributed by atoms with Crippen molar-refractivity contribution in [3.05, 3.63) is 28.5 Å². The third-order valence-electron chi connectivity index (χ3n) is 3.53. The van der Waals surface area contributed by atoms with Gasteiger partial charge in [0, 0.05) is 11.5 Å². The highest BCUT2D eigenvalue weighted by atomic mass is 79.9. The number of aryl methyl sites for hydroxylation is 1. The van der Waals surface area contributed by atoms with Crippen molar-refractivity contribution in [3.8, 4) is 0 Å². The zero-order valence-electron chi connectivity index (χ0n) is 9.20. The van der Waals surface area contributed by atoms with E-state index < -0.39 is 0 Å². The second kappa shape index (κ2) is 3.31. The molecule has 0 atom stereocenters. The number of benzene rings is 1. The number of hydrogen-bond acceptors (Lipinski definition) is 2. The smallest absolute Gasteiger partial charge is 0.129 e. The molecule has 0 saturated heterocycles. The molecule has 1 aliphatic carbocycles. The van der Waals surface area contributed by atoms with Gasteiger partial charge in [0.05, 0.1) is 16.6 Å². The van der Waals surface area contributed by atoms with Crippen molar-refractivity contribution in [2.75, 3.05) is 0 Å². The first-order chi connectivity index (χ1) is 7.60. The Morgan fingerprint density at radius 1 is 1.44 bits per heavy atom. The van der Waals surface area contributed by atoms with Gasteiger partial charge in [0.2, 0.25) is 0 Å². The third-order valence-corrected chi connectivity index (χ3v) is 4.03. The summed E-state index contributed by atoms with van der Waals surface area (Å²) in [5, 5.41) is 0. The lowest BCUT2D eigenvalue weighted by Gasteiger charge is -2.37. The fourth-order valence-electron chi connectivity index (χ4n) is 2.40. The Hall–Kier alpha value is -0.870. The molecule has 0 bridgehead atoms. The van der Waals surface area contributed by atoms with Crippen molar-refractivity contribution in [3.63, 3.8) is 0 Å². The van der Waals surface area contributed by atoms with Crippen molar-refractivity contribution in [2.45, 2.75) is 24.8 Å². The number of hydrogen-bond donors (Lipinski definition) is 1. The van der Waals surface area contributed by atoms with Gasteiger partial charge in [-0.2, -0.15) is 0 Å². The van der Waals surface area contributed by atoms with Crippen molar-refractivity contribution in [2.24, 2.45) is 12.8 Å². The number of fused-ring (bicyclic) bond motifs is 1. The van der Waals surface area contributed by atoms with Gasteiger partial charge in [0.25, 0.3) is 0 Å². The Labute approximate surface area is 103 Å². The van der Waals surface area contributed by atoms with Crippen LogP contribution in [0.5, 0.6) is 0 Å². The molecule has 0 spiro atoms. The minimum Gasteiger partial charge on any atom is -0.330 e. The van der Waals surface area contributed by atoms with Crippen LogP contribution in [0, 0.1) is 0 Å². The predicted molar refractivity (Wildman–Crippen MR) is 68.1 cm³/mol. The molecule has 0 radical (unpaired) electrons. The lowest BCUT2D eigenvalue weighted by molar-refractivity contribution is 0.234. The van der Waals surface area contributed by atoms with E-state index in [1.165, 1.54) is 6.42 Å². The first kappa shape index (κ1) is 10.3. The van der Waals surface area contributed by atoms with Crippen LogP contribution in [0.1, 0.15) is 25.1 Å². The Morgan fingerprint density at radius 3 is 2.81 bits per heavy atom. The van der Waals surface area contributed by atoms with Gasteiger partial charge < -0.3 is 10.3 Å². The van der Waals surface area contributed by atoms with Gasteiger partial charge in [-0.25, -0.2) is 4.98 Å². The van der Waals surface area contributed by atoms with E-state index in [0.29, 0.717) is 0 Å². The molecule has 1 aromatic carbocycles. The Kier molecular flexibility index (Phi) is 2.13. The maximum absolute atomic E-state index is 6.33. The van der Waals surface area contributed by atoms with Crippen LogP contribution in [0.3, 0.4) is 0 Å². The van der Waals surface area contributed by atoms with Gasteiger partial charge in [-0.1, -0.05) is 15.9 Å². The predicted octanol–water partition coefficient (Wildman–Crippen LogP) is 2.67. The molecule has 2 N–H and O–H groups in total. The van der Waals surface area contributed by atoms with Crippen LogP contribution in [0.4, 0.5) is 0 Å². The van der Waals surface area contributed by atoms with E-state index in [4.69, 9.17) is 5.73 Å². The third kappa shape index (κ3) is 1.33. The number of imidazole rings is 1. The summed E-state index contributed by atoms with van der Waals surface area (Å²) < 4.78 is 3.19. The second-order valence-corrected chi connectivity index (χ2v) is 5.55. The van der Waals surface area contributed by atoms with Crippen LogP contribution in [0.15, 0.2) is 22.7 Å². The van der Waals surface area contributed by atoms with Crippen molar-refractivity contribution in [1.82, 2.24) is 9.55 Å². The Bertz CT molecular complexity index is 555. The molecule has 1 heterocycles. The van der Waals surface area contributed by atoms with Gasteiger partial charge in [-0.15, -0.1) is 0 Å². The minimum absolute atomic E-state index is 0.194. The average molecular weight is 280 g/mol. The van der Waals surface area contributed by atoms with E-state index >= 15 is 0 Å². The molecule has 84 valence electrons. The summed E-state index contributed by atoms with van der Waals surface area (Å²) in [6.45, 7) is 0. The SMILES string of the molecule is Cn1c(C2(N)CCC2)nc2cc(Br)ccc21. The molecule has 1 aliphatic rings. The van der Waals surface area contributed by atoms with Gasteiger partial charge in [-0.05, 0) is 37.5 Å². The summed E-state index contributed by atoms with van der Waals surface area (Å²) in [5.41, 5.74) is 8.30. The van der Waals surface area contributed by atoms with Crippen LogP contribution >= 0.6 is 15.9 Å².